The van der Waals surface area contributed by atoms with Gasteiger partial charge >= 0.3 is 0 Å². The summed E-state index contributed by atoms with van der Waals surface area (Å²) in [6.45, 7) is 2.75. The van der Waals surface area contributed by atoms with Gasteiger partial charge in [0.25, 0.3) is 0 Å². The number of fused-ring (bicyclic) bond motifs is 1. The van der Waals surface area contributed by atoms with E-state index in [0.717, 1.165) is 6.54 Å². The van der Waals surface area contributed by atoms with Gasteiger partial charge in [-0.15, -0.1) is 12.4 Å². The van der Waals surface area contributed by atoms with E-state index in [4.69, 9.17) is 16.3 Å². The first-order valence-corrected chi connectivity index (χ1v) is 11.2. The van der Waals surface area contributed by atoms with Crippen LogP contribution in [-0.2, 0) is 0 Å². The lowest BCUT2D eigenvalue weighted by atomic mass is 10.00. The molecule has 0 radical (unpaired) electrons. The SMILES string of the molecule is CC(=O)c1cnc2ccc(-c3cc(F)c(O)c(Cl)c3)cc2c1Nc1ccc(OCCN(C)C)nc1.Cl. The van der Waals surface area contributed by atoms with Crippen molar-refractivity contribution in [2.45, 2.75) is 6.92 Å². The molecular formula is C26H25Cl2FN4O3. The number of aromatic nitrogens is 2. The number of benzene rings is 2. The molecule has 4 rings (SSSR count). The summed E-state index contributed by atoms with van der Waals surface area (Å²) in [5.41, 5.74) is 3.37. The van der Waals surface area contributed by atoms with Gasteiger partial charge in [0.1, 0.15) is 6.61 Å². The lowest BCUT2D eigenvalue weighted by Crippen LogP contribution is -2.19. The first-order valence-electron chi connectivity index (χ1n) is 10.9. The Hall–Kier alpha value is -3.46. The number of hydrogen-bond acceptors (Lipinski definition) is 7. The highest BCUT2D eigenvalue weighted by Crippen LogP contribution is 2.36. The molecule has 2 N–H and O–H groups in total. The van der Waals surface area contributed by atoms with Crippen molar-refractivity contribution < 1.29 is 19.0 Å². The minimum absolute atomic E-state index is 0. The van der Waals surface area contributed by atoms with E-state index in [0.29, 0.717) is 51.5 Å². The van der Waals surface area contributed by atoms with E-state index >= 15 is 0 Å². The highest BCUT2D eigenvalue weighted by molar-refractivity contribution is 6.32. The second kappa shape index (κ2) is 11.5. The number of carbonyl (C=O) groups excluding carboxylic acids is 1. The maximum absolute atomic E-state index is 14.1. The molecule has 0 aliphatic rings. The molecule has 10 heteroatoms. The number of carbonyl (C=O) groups is 1. The number of halogens is 3. The van der Waals surface area contributed by atoms with Gasteiger partial charge in [-0.05, 0) is 62.5 Å². The van der Waals surface area contributed by atoms with Gasteiger partial charge in [-0.25, -0.2) is 9.37 Å². The number of Topliss-reactive ketones (excluding diaryl/α,β-unsaturated/α-hetero) is 1. The van der Waals surface area contributed by atoms with Crippen LogP contribution in [0.15, 0.2) is 54.9 Å². The van der Waals surface area contributed by atoms with E-state index in [2.05, 4.69) is 15.3 Å². The number of likely N-dealkylation sites (N-methyl/N-ethyl adjacent to an activating group) is 1. The van der Waals surface area contributed by atoms with Crippen molar-refractivity contribution in [2.75, 3.05) is 32.6 Å². The van der Waals surface area contributed by atoms with Crippen LogP contribution in [0.25, 0.3) is 22.0 Å². The van der Waals surface area contributed by atoms with Gasteiger partial charge in [-0.2, -0.15) is 0 Å². The van der Waals surface area contributed by atoms with Crippen LogP contribution in [0.1, 0.15) is 17.3 Å². The second-order valence-corrected chi connectivity index (χ2v) is 8.69. The lowest BCUT2D eigenvalue weighted by molar-refractivity contribution is 0.101. The average molecular weight is 531 g/mol. The van der Waals surface area contributed by atoms with E-state index in [1.165, 1.54) is 25.3 Å². The monoisotopic (exact) mass is 530 g/mol. The fraction of sp³-hybridized carbons (Fsp3) is 0.192. The number of ether oxygens (including phenoxy) is 1. The van der Waals surface area contributed by atoms with Crippen LogP contribution in [0.3, 0.4) is 0 Å². The van der Waals surface area contributed by atoms with Crippen molar-refractivity contribution >= 4 is 52.1 Å². The summed E-state index contributed by atoms with van der Waals surface area (Å²) in [5.74, 6) is -1.08. The number of rotatable bonds is 8. The number of nitrogens with zero attached hydrogens (tertiary/aromatic N) is 3. The Balaban J connectivity index is 0.00000361. The molecule has 0 saturated carbocycles. The zero-order valence-electron chi connectivity index (χ0n) is 19.9. The molecule has 36 heavy (non-hydrogen) atoms. The number of hydrogen-bond donors (Lipinski definition) is 2. The molecule has 0 saturated heterocycles. The Morgan fingerprint density at radius 1 is 1.11 bits per heavy atom. The number of phenolic OH excluding ortho intramolecular Hbond substituents is 1. The standard InChI is InChI=1S/C26H24ClFN4O3.ClH/c1-15(33)20-14-29-23-6-4-16(17-11-21(27)26(34)22(28)12-17)10-19(23)25(20)31-18-5-7-24(30-13-18)35-9-8-32(2)3;/h4-7,10-14,34H,8-9H2,1-3H3,(H,29,31);1H. The predicted octanol–water partition coefficient (Wildman–Crippen LogP) is 6.10. The third-order valence-electron chi connectivity index (χ3n) is 5.39. The molecule has 0 atom stereocenters. The number of aromatic hydroxyl groups is 1. The van der Waals surface area contributed by atoms with Crippen molar-refractivity contribution in [3.05, 3.63) is 71.3 Å². The van der Waals surface area contributed by atoms with Crippen molar-refractivity contribution in [3.63, 3.8) is 0 Å². The van der Waals surface area contributed by atoms with Gasteiger partial charge in [0.2, 0.25) is 5.88 Å². The number of ketones is 1. The van der Waals surface area contributed by atoms with Crippen LogP contribution >= 0.6 is 24.0 Å². The second-order valence-electron chi connectivity index (χ2n) is 8.29. The van der Waals surface area contributed by atoms with E-state index in [9.17, 15) is 14.3 Å². The number of anilines is 2. The lowest BCUT2D eigenvalue weighted by Gasteiger charge is -2.15. The molecule has 188 valence electrons. The molecular weight excluding hydrogens is 506 g/mol. The Kier molecular flexibility index (Phi) is 8.68. The van der Waals surface area contributed by atoms with Crippen molar-refractivity contribution in [1.29, 1.82) is 0 Å². The fourth-order valence-corrected chi connectivity index (χ4v) is 3.73. The molecule has 2 aromatic heterocycles. The van der Waals surface area contributed by atoms with Gasteiger partial charge in [-0.1, -0.05) is 17.7 Å². The van der Waals surface area contributed by atoms with Gasteiger partial charge in [0.05, 0.1) is 33.7 Å². The van der Waals surface area contributed by atoms with Crippen LogP contribution in [0.4, 0.5) is 15.8 Å². The highest BCUT2D eigenvalue weighted by atomic mass is 35.5. The van der Waals surface area contributed by atoms with Crippen molar-refractivity contribution in [3.8, 4) is 22.8 Å². The van der Waals surface area contributed by atoms with Crippen molar-refractivity contribution in [1.82, 2.24) is 14.9 Å². The van der Waals surface area contributed by atoms with Gasteiger partial charge < -0.3 is 20.1 Å². The molecule has 7 nitrogen and oxygen atoms in total. The first-order chi connectivity index (χ1) is 16.7. The zero-order chi connectivity index (χ0) is 25.1. The Morgan fingerprint density at radius 3 is 2.53 bits per heavy atom. The summed E-state index contributed by atoms with van der Waals surface area (Å²) in [6, 6.07) is 11.6. The largest absolute Gasteiger partial charge is 0.504 e. The maximum atomic E-state index is 14.1. The first kappa shape index (κ1) is 27.1. The van der Waals surface area contributed by atoms with Crippen molar-refractivity contribution in [2.24, 2.45) is 0 Å². The van der Waals surface area contributed by atoms with E-state index in [1.807, 2.05) is 25.1 Å². The van der Waals surface area contributed by atoms with Crippen LogP contribution in [0.5, 0.6) is 11.6 Å². The van der Waals surface area contributed by atoms with E-state index in [1.54, 1.807) is 30.5 Å². The average Bonchev–Trinajstić information content (AvgIpc) is 2.82. The Morgan fingerprint density at radius 2 is 1.89 bits per heavy atom. The molecule has 0 aliphatic carbocycles. The summed E-state index contributed by atoms with van der Waals surface area (Å²) < 4.78 is 19.7. The molecule has 0 bridgehead atoms. The molecule has 2 aromatic carbocycles. The predicted molar refractivity (Wildman–Crippen MR) is 143 cm³/mol. The fourth-order valence-electron chi connectivity index (χ4n) is 3.52. The van der Waals surface area contributed by atoms with E-state index in [-0.39, 0.29) is 23.2 Å². The van der Waals surface area contributed by atoms with Gasteiger partial charge in [-0.3, -0.25) is 9.78 Å². The summed E-state index contributed by atoms with van der Waals surface area (Å²) >= 11 is 5.97. The summed E-state index contributed by atoms with van der Waals surface area (Å²) in [7, 11) is 3.93. The minimum Gasteiger partial charge on any atom is -0.504 e. The van der Waals surface area contributed by atoms with Crippen LogP contribution in [0, 0.1) is 5.82 Å². The van der Waals surface area contributed by atoms with Gasteiger partial charge in [0.15, 0.2) is 17.3 Å². The summed E-state index contributed by atoms with van der Waals surface area (Å²) in [6.07, 6.45) is 3.15. The number of pyridine rings is 2. The maximum Gasteiger partial charge on any atom is 0.213 e. The molecule has 0 amide bonds. The van der Waals surface area contributed by atoms with Gasteiger partial charge in [0, 0.05) is 24.2 Å². The number of phenols is 1. The minimum atomic E-state index is -0.819. The summed E-state index contributed by atoms with van der Waals surface area (Å²) in [4.78, 5) is 23.2. The van der Waals surface area contributed by atoms with Crippen LogP contribution in [0.2, 0.25) is 5.02 Å². The molecule has 0 spiro atoms. The highest BCUT2D eigenvalue weighted by Gasteiger charge is 2.16. The quantitative estimate of drug-likeness (QED) is 0.266. The molecule has 0 aliphatic heterocycles. The normalized spacial score (nSPS) is 10.8. The molecule has 2 heterocycles. The summed E-state index contributed by atoms with van der Waals surface area (Å²) in [5, 5.41) is 13.5. The molecule has 4 aromatic rings. The Labute approximate surface area is 219 Å². The Bertz CT molecular complexity index is 1380. The van der Waals surface area contributed by atoms with Crippen LogP contribution in [-0.4, -0.2) is 53.0 Å². The molecule has 0 fully saturated rings. The smallest absolute Gasteiger partial charge is 0.213 e. The third kappa shape index (κ3) is 6.02. The van der Waals surface area contributed by atoms with E-state index < -0.39 is 11.6 Å². The van der Waals surface area contributed by atoms with Crippen LogP contribution < -0.4 is 10.1 Å². The number of nitrogens with one attached hydrogen (secondary N) is 1. The molecule has 0 unspecified atom stereocenters. The third-order valence-corrected chi connectivity index (χ3v) is 5.68. The zero-order valence-corrected chi connectivity index (χ0v) is 21.5. The topological polar surface area (TPSA) is 87.6 Å².